The summed E-state index contributed by atoms with van der Waals surface area (Å²) in [6.07, 6.45) is 5.53. The Kier molecular flexibility index (Phi) is 5.05. The van der Waals surface area contributed by atoms with Gasteiger partial charge in [0.2, 0.25) is 5.95 Å². The van der Waals surface area contributed by atoms with Gasteiger partial charge in [-0.05, 0) is 37.5 Å². The summed E-state index contributed by atoms with van der Waals surface area (Å²) in [6.45, 7) is 4.76. The molecular formula is C20H23FN6. The summed E-state index contributed by atoms with van der Waals surface area (Å²) in [7, 11) is 0. The van der Waals surface area contributed by atoms with E-state index in [1.165, 1.54) is 25.3 Å². The Hall–Kier alpha value is -2.88. The normalized spacial score (nSPS) is 17.7. The van der Waals surface area contributed by atoms with E-state index in [0.717, 1.165) is 24.9 Å². The van der Waals surface area contributed by atoms with E-state index in [2.05, 4.69) is 20.9 Å². The summed E-state index contributed by atoms with van der Waals surface area (Å²) in [5, 5.41) is 9.28. The van der Waals surface area contributed by atoms with Crippen LogP contribution in [0.2, 0.25) is 0 Å². The van der Waals surface area contributed by atoms with Crippen LogP contribution < -0.4 is 14.7 Å². The van der Waals surface area contributed by atoms with Crippen LogP contribution in [0.3, 0.4) is 0 Å². The average molecular weight is 366 g/mol. The topological polar surface area (TPSA) is 59.3 Å². The Morgan fingerprint density at radius 3 is 2.37 bits per heavy atom. The lowest BCUT2D eigenvalue weighted by molar-refractivity contribution is 0.571. The van der Waals surface area contributed by atoms with Gasteiger partial charge in [0.1, 0.15) is 17.7 Å². The number of nitrogens with zero attached hydrogens (tertiary/aromatic N) is 6. The quantitative estimate of drug-likeness (QED) is 0.833. The van der Waals surface area contributed by atoms with E-state index in [0.29, 0.717) is 37.4 Å². The van der Waals surface area contributed by atoms with E-state index in [1.54, 1.807) is 12.1 Å². The predicted octanol–water partition coefficient (Wildman–Crippen LogP) is 2.80. The Morgan fingerprint density at radius 2 is 1.63 bits per heavy atom. The second kappa shape index (κ2) is 7.78. The molecule has 2 aromatic rings. The molecule has 3 heterocycles. The SMILES string of the molecule is N#Cc1cccc(F)c1N1CCN(c2nccc(N3CCCCC3)n2)CC1. The van der Waals surface area contributed by atoms with Crippen LogP contribution >= 0.6 is 0 Å². The van der Waals surface area contributed by atoms with Crippen molar-refractivity contribution in [1.82, 2.24) is 9.97 Å². The molecule has 0 N–H and O–H groups in total. The van der Waals surface area contributed by atoms with Crippen LogP contribution in [0, 0.1) is 17.1 Å². The highest BCUT2D eigenvalue weighted by atomic mass is 19.1. The van der Waals surface area contributed by atoms with E-state index >= 15 is 0 Å². The number of anilines is 3. The molecule has 0 amide bonds. The molecular weight excluding hydrogens is 343 g/mol. The van der Waals surface area contributed by atoms with Crippen molar-refractivity contribution in [2.24, 2.45) is 0 Å². The molecule has 2 aliphatic heterocycles. The molecule has 2 aliphatic rings. The maximum atomic E-state index is 14.3. The Morgan fingerprint density at radius 1 is 0.889 bits per heavy atom. The Labute approximate surface area is 158 Å². The summed E-state index contributed by atoms with van der Waals surface area (Å²) in [5.74, 6) is 1.38. The van der Waals surface area contributed by atoms with Crippen molar-refractivity contribution in [3.63, 3.8) is 0 Å². The Bertz CT molecular complexity index is 835. The predicted molar refractivity (Wildman–Crippen MR) is 104 cm³/mol. The molecule has 2 saturated heterocycles. The molecule has 0 radical (unpaired) electrons. The lowest BCUT2D eigenvalue weighted by Gasteiger charge is -2.37. The highest BCUT2D eigenvalue weighted by Gasteiger charge is 2.24. The van der Waals surface area contributed by atoms with Gasteiger partial charge in [0, 0.05) is 45.5 Å². The summed E-state index contributed by atoms with van der Waals surface area (Å²) in [5.41, 5.74) is 0.787. The zero-order chi connectivity index (χ0) is 18.6. The van der Waals surface area contributed by atoms with Crippen LogP contribution in [-0.2, 0) is 0 Å². The smallest absolute Gasteiger partial charge is 0.227 e. The zero-order valence-corrected chi connectivity index (χ0v) is 15.3. The number of piperidine rings is 1. The third-order valence-electron chi connectivity index (χ3n) is 5.29. The van der Waals surface area contributed by atoms with Gasteiger partial charge in [0.15, 0.2) is 0 Å². The fourth-order valence-corrected chi connectivity index (χ4v) is 3.85. The summed E-state index contributed by atoms with van der Waals surface area (Å²) in [6, 6.07) is 8.72. The maximum Gasteiger partial charge on any atom is 0.227 e. The van der Waals surface area contributed by atoms with E-state index < -0.39 is 0 Å². The molecule has 1 aromatic heterocycles. The monoisotopic (exact) mass is 366 g/mol. The highest BCUT2D eigenvalue weighted by molar-refractivity contribution is 5.61. The van der Waals surface area contributed by atoms with Crippen LogP contribution in [-0.4, -0.2) is 49.2 Å². The molecule has 0 aliphatic carbocycles. The van der Waals surface area contributed by atoms with Gasteiger partial charge in [0.05, 0.1) is 11.3 Å². The number of rotatable bonds is 3. The number of benzene rings is 1. The van der Waals surface area contributed by atoms with Gasteiger partial charge in [0.25, 0.3) is 0 Å². The number of aromatic nitrogens is 2. The third kappa shape index (κ3) is 3.65. The molecule has 6 nitrogen and oxygen atoms in total. The van der Waals surface area contributed by atoms with Gasteiger partial charge in [-0.2, -0.15) is 10.2 Å². The minimum absolute atomic E-state index is 0.342. The van der Waals surface area contributed by atoms with E-state index in [4.69, 9.17) is 4.98 Å². The number of nitriles is 1. The molecule has 1 aromatic carbocycles. The van der Waals surface area contributed by atoms with Gasteiger partial charge >= 0.3 is 0 Å². The molecule has 27 heavy (non-hydrogen) atoms. The molecule has 2 fully saturated rings. The van der Waals surface area contributed by atoms with Crippen molar-refractivity contribution in [1.29, 1.82) is 5.26 Å². The lowest BCUT2D eigenvalue weighted by Crippen LogP contribution is -2.47. The second-order valence-electron chi connectivity index (χ2n) is 6.98. The van der Waals surface area contributed by atoms with Gasteiger partial charge < -0.3 is 14.7 Å². The number of halogens is 1. The molecule has 0 atom stereocenters. The van der Waals surface area contributed by atoms with Crippen molar-refractivity contribution >= 4 is 17.5 Å². The minimum atomic E-state index is -0.342. The molecule has 0 bridgehead atoms. The number of hydrogen-bond acceptors (Lipinski definition) is 6. The van der Waals surface area contributed by atoms with Gasteiger partial charge in [-0.3, -0.25) is 0 Å². The van der Waals surface area contributed by atoms with Crippen molar-refractivity contribution in [3.05, 3.63) is 41.8 Å². The van der Waals surface area contributed by atoms with Crippen molar-refractivity contribution in [3.8, 4) is 6.07 Å². The average Bonchev–Trinajstić information content (AvgIpc) is 2.74. The van der Waals surface area contributed by atoms with Crippen molar-refractivity contribution < 1.29 is 4.39 Å². The molecule has 0 saturated carbocycles. The van der Waals surface area contributed by atoms with E-state index in [1.807, 2.05) is 17.2 Å². The summed E-state index contributed by atoms with van der Waals surface area (Å²) in [4.78, 5) is 15.6. The number of para-hydroxylation sites is 1. The highest BCUT2D eigenvalue weighted by Crippen LogP contribution is 2.26. The first kappa shape index (κ1) is 17.5. The van der Waals surface area contributed by atoms with Crippen LogP contribution in [0.4, 0.5) is 21.8 Å². The fourth-order valence-electron chi connectivity index (χ4n) is 3.85. The van der Waals surface area contributed by atoms with E-state index in [-0.39, 0.29) is 5.82 Å². The van der Waals surface area contributed by atoms with Gasteiger partial charge in [-0.1, -0.05) is 6.07 Å². The second-order valence-corrected chi connectivity index (χ2v) is 6.98. The summed E-state index contributed by atoms with van der Waals surface area (Å²) >= 11 is 0. The van der Waals surface area contributed by atoms with Gasteiger partial charge in [-0.15, -0.1) is 0 Å². The van der Waals surface area contributed by atoms with Crippen molar-refractivity contribution in [2.75, 3.05) is 54.0 Å². The number of piperazine rings is 1. The van der Waals surface area contributed by atoms with E-state index in [9.17, 15) is 9.65 Å². The summed E-state index contributed by atoms with van der Waals surface area (Å²) < 4.78 is 14.3. The van der Waals surface area contributed by atoms with Crippen LogP contribution in [0.15, 0.2) is 30.5 Å². The first-order chi connectivity index (χ1) is 13.3. The molecule has 0 spiro atoms. The molecule has 0 unspecified atom stereocenters. The zero-order valence-electron chi connectivity index (χ0n) is 15.3. The molecule has 4 rings (SSSR count). The maximum absolute atomic E-state index is 14.3. The standard InChI is InChI=1S/C20H23FN6/c21-17-6-4-5-16(15-22)19(17)26-11-13-27(14-12-26)20-23-8-7-18(24-20)25-9-2-1-3-10-25/h4-8H,1-3,9-14H2. The van der Waals surface area contributed by atoms with Gasteiger partial charge in [-0.25, -0.2) is 9.37 Å². The van der Waals surface area contributed by atoms with Crippen LogP contribution in [0.25, 0.3) is 0 Å². The minimum Gasteiger partial charge on any atom is -0.365 e. The first-order valence-electron chi connectivity index (χ1n) is 9.53. The third-order valence-corrected chi connectivity index (χ3v) is 5.29. The largest absolute Gasteiger partial charge is 0.365 e. The lowest BCUT2D eigenvalue weighted by atomic mass is 10.1. The van der Waals surface area contributed by atoms with Crippen LogP contribution in [0.5, 0.6) is 0 Å². The number of hydrogen-bond donors (Lipinski definition) is 0. The Balaban J connectivity index is 1.46. The van der Waals surface area contributed by atoms with Crippen LogP contribution in [0.1, 0.15) is 24.8 Å². The van der Waals surface area contributed by atoms with Crippen molar-refractivity contribution in [2.45, 2.75) is 19.3 Å². The first-order valence-corrected chi connectivity index (χ1v) is 9.53. The molecule has 7 heteroatoms. The molecule has 140 valence electrons. The fraction of sp³-hybridized carbons (Fsp3) is 0.450.